The van der Waals surface area contributed by atoms with E-state index >= 15 is 0 Å². The molecule has 3 aromatic rings. The Morgan fingerprint density at radius 2 is 1.83 bits per heavy atom. The molecule has 3 heterocycles. The number of aromatic nitrogens is 2. The van der Waals surface area contributed by atoms with Gasteiger partial charge in [-0.15, -0.1) is 0 Å². The van der Waals surface area contributed by atoms with E-state index in [4.69, 9.17) is 18.9 Å². The quantitative estimate of drug-likeness (QED) is 0.366. The summed E-state index contributed by atoms with van der Waals surface area (Å²) in [6.45, 7) is 3.02. The minimum absolute atomic E-state index is 0.199. The summed E-state index contributed by atoms with van der Waals surface area (Å²) in [5.74, 6) is 3.81. The van der Waals surface area contributed by atoms with Crippen molar-refractivity contribution in [1.82, 2.24) is 20.2 Å². The first-order valence-electron chi connectivity index (χ1n) is 11.4. The smallest absolute Gasteiger partial charge is 0.274 e. The van der Waals surface area contributed by atoms with Gasteiger partial charge in [0.1, 0.15) is 12.1 Å². The average molecular weight is 495 g/mol. The molecule has 0 spiro atoms. The van der Waals surface area contributed by atoms with Crippen molar-refractivity contribution in [1.29, 1.82) is 0 Å². The monoisotopic (exact) mass is 494 g/mol. The Morgan fingerprint density at radius 3 is 2.58 bits per heavy atom. The van der Waals surface area contributed by atoms with Gasteiger partial charge in [0.05, 0.1) is 24.7 Å². The summed E-state index contributed by atoms with van der Waals surface area (Å²) in [5, 5.41) is 15.4. The molecule has 188 valence electrons. The summed E-state index contributed by atoms with van der Waals surface area (Å²) in [6.07, 6.45) is 2.54. The van der Waals surface area contributed by atoms with Gasteiger partial charge in [-0.3, -0.25) is 10.1 Å². The number of anilines is 1. The molecule has 36 heavy (non-hydrogen) atoms. The fourth-order valence-corrected chi connectivity index (χ4v) is 4.36. The van der Waals surface area contributed by atoms with Crippen molar-refractivity contribution in [2.45, 2.75) is 6.54 Å². The van der Waals surface area contributed by atoms with Crippen LogP contribution in [0.3, 0.4) is 0 Å². The summed E-state index contributed by atoms with van der Waals surface area (Å²) < 4.78 is 21.6. The lowest BCUT2D eigenvalue weighted by atomic mass is 10.2. The first kappa shape index (κ1) is 23.3. The molecular weight excluding hydrogens is 468 g/mol. The van der Waals surface area contributed by atoms with Crippen LogP contribution in [0, 0.1) is 10.1 Å². The molecule has 12 nitrogen and oxygen atoms in total. The van der Waals surface area contributed by atoms with Crippen molar-refractivity contribution in [2.24, 2.45) is 0 Å². The van der Waals surface area contributed by atoms with Crippen LogP contribution in [0.5, 0.6) is 23.0 Å². The molecule has 0 radical (unpaired) electrons. The van der Waals surface area contributed by atoms with Gasteiger partial charge in [0.15, 0.2) is 28.8 Å². The third-order valence-corrected chi connectivity index (χ3v) is 6.18. The van der Waals surface area contributed by atoms with Gasteiger partial charge in [0.25, 0.3) is 6.20 Å². The van der Waals surface area contributed by atoms with E-state index in [9.17, 15) is 10.1 Å². The molecule has 0 saturated carbocycles. The van der Waals surface area contributed by atoms with Crippen molar-refractivity contribution in [3.05, 3.63) is 64.4 Å². The first-order chi connectivity index (χ1) is 17.6. The Bertz CT molecular complexity index is 1310. The SMILES string of the molecule is COc1cc2ncnc(N3CCN(/C(=C\[N+](=O)[O-])NCc4ccc5c(c4)OCO5)CC3)c2cc1OC. The lowest BCUT2D eigenvalue weighted by Crippen LogP contribution is -2.48. The Labute approximate surface area is 207 Å². The molecule has 2 aliphatic heterocycles. The van der Waals surface area contributed by atoms with Gasteiger partial charge in [-0.05, 0) is 23.8 Å². The van der Waals surface area contributed by atoms with Crippen molar-refractivity contribution < 1.29 is 23.9 Å². The van der Waals surface area contributed by atoms with E-state index in [1.165, 1.54) is 6.33 Å². The Hall–Kier alpha value is -4.48. The van der Waals surface area contributed by atoms with Crippen molar-refractivity contribution in [2.75, 3.05) is 52.1 Å². The van der Waals surface area contributed by atoms with Crippen LogP contribution in [0.4, 0.5) is 5.82 Å². The van der Waals surface area contributed by atoms with Crippen LogP contribution in [-0.4, -0.2) is 67.0 Å². The lowest BCUT2D eigenvalue weighted by Gasteiger charge is -2.37. The maximum absolute atomic E-state index is 11.3. The van der Waals surface area contributed by atoms with Crippen LogP contribution in [-0.2, 0) is 6.54 Å². The number of piperazine rings is 1. The number of benzene rings is 2. The van der Waals surface area contributed by atoms with Crippen molar-refractivity contribution >= 4 is 16.7 Å². The highest BCUT2D eigenvalue weighted by Gasteiger charge is 2.24. The summed E-state index contributed by atoms with van der Waals surface area (Å²) in [6, 6.07) is 9.33. The maximum Gasteiger partial charge on any atom is 0.274 e. The molecule has 2 aliphatic rings. The number of rotatable bonds is 8. The molecule has 2 aromatic carbocycles. The highest BCUT2D eigenvalue weighted by molar-refractivity contribution is 5.92. The second-order valence-electron chi connectivity index (χ2n) is 8.24. The van der Waals surface area contributed by atoms with Gasteiger partial charge in [-0.25, -0.2) is 9.97 Å². The topological polar surface area (TPSA) is 124 Å². The number of nitro groups is 1. The summed E-state index contributed by atoms with van der Waals surface area (Å²) in [4.78, 5) is 23.9. The minimum atomic E-state index is -0.439. The van der Waals surface area contributed by atoms with Crippen LogP contribution in [0.25, 0.3) is 10.9 Å². The van der Waals surface area contributed by atoms with E-state index in [1.54, 1.807) is 14.2 Å². The molecule has 1 N–H and O–H groups in total. The third kappa shape index (κ3) is 4.69. The number of nitrogens with one attached hydrogen (secondary N) is 1. The molecule has 1 fully saturated rings. The first-order valence-corrected chi connectivity index (χ1v) is 11.4. The maximum atomic E-state index is 11.3. The van der Waals surface area contributed by atoms with Crippen molar-refractivity contribution in [3.63, 3.8) is 0 Å². The predicted octanol–water partition coefficient (Wildman–Crippen LogP) is 2.36. The van der Waals surface area contributed by atoms with E-state index in [0.29, 0.717) is 61.5 Å². The van der Waals surface area contributed by atoms with E-state index in [1.807, 2.05) is 35.2 Å². The van der Waals surface area contributed by atoms with Crippen LogP contribution < -0.4 is 29.2 Å². The fraction of sp³-hybridized carbons (Fsp3) is 0.333. The Kier molecular flexibility index (Phi) is 6.48. The summed E-state index contributed by atoms with van der Waals surface area (Å²) in [7, 11) is 3.17. The second kappa shape index (κ2) is 10.0. The standard InChI is InChI=1S/C24H26N6O6/c1-33-20-10-17-18(11-21(20)34-2)26-14-27-24(17)29-7-5-28(6-8-29)23(13-30(31)32)25-12-16-3-4-19-22(9-16)36-15-35-19/h3-4,9-11,13-14,25H,5-8,12,15H2,1-2H3/b23-13-. The molecule has 0 atom stereocenters. The summed E-state index contributed by atoms with van der Waals surface area (Å²) >= 11 is 0. The third-order valence-electron chi connectivity index (χ3n) is 6.18. The molecule has 0 amide bonds. The van der Waals surface area contributed by atoms with Gasteiger partial charge in [0.2, 0.25) is 6.79 Å². The molecule has 12 heteroatoms. The van der Waals surface area contributed by atoms with Gasteiger partial charge in [0, 0.05) is 44.2 Å². The van der Waals surface area contributed by atoms with Crippen LogP contribution in [0.2, 0.25) is 0 Å². The number of ether oxygens (including phenoxy) is 4. The number of hydrogen-bond acceptors (Lipinski definition) is 11. The van der Waals surface area contributed by atoms with Crippen LogP contribution in [0.1, 0.15) is 5.56 Å². The van der Waals surface area contributed by atoms with Gasteiger partial charge < -0.3 is 34.1 Å². The Morgan fingerprint density at radius 1 is 1.08 bits per heavy atom. The van der Waals surface area contributed by atoms with Crippen LogP contribution in [0.15, 0.2) is 48.7 Å². The normalized spacial score (nSPS) is 15.2. The van der Waals surface area contributed by atoms with Crippen molar-refractivity contribution in [3.8, 4) is 23.0 Å². The fourth-order valence-electron chi connectivity index (χ4n) is 4.36. The van der Waals surface area contributed by atoms with Gasteiger partial charge in [-0.2, -0.15) is 0 Å². The zero-order chi connectivity index (χ0) is 25.1. The average Bonchev–Trinajstić information content (AvgIpc) is 3.38. The highest BCUT2D eigenvalue weighted by Crippen LogP contribution is 2.35. The molecular formula is C24H26N6O6. The summed E-state index contributed by atoms with van der Waals surface area (Å²) in [5.41, 5.74) is 1.68. The second-order valence-corrected chi connectivity index (χ2v) is 8.24. The molecule has 0 aliphatic carbocycles. The van der Waals surface area contributed by atoms with E-state index in [0.717, 1.165) is 28.5 Å². The Balaban J connectivity index is 1.29. The minimum Gasteiger partial charge on any atom is -0.493 e. The van der Waals surface area contributed by atoms with Gasteiger partial charge >= 0.3 is 0 Å². The predicted molar refractivity (Wildman–Crippen MR) is 131 cm³/mol. The highest BCUT2D eigenvalue weighted by atomic mass is 16.7. The zero-order valence-electron chi connectivity index (χ0n) is 20.0. The van der Waals surface area contributed by atoms with E-state index in [-0.39, 0.29) is 6.79 Å². The number of fused-ring (bicyclic) bond motifs is 2. The molecule has 1 aromatic heterocycles. The zero-order valence-corrected chi connectivity index (χ0v) is 20.0. The van der Waals surface area contributed by atoms with E-state index < -0.39 is 4.92 Å². The number of nitrogens with zero attached hydrogens (tertiary/aromatic N) is 5. The molecule has 0 unspecified atom stereocenters. The largest absolute Gasteiger partial charge is 0.493 e. The van der Waals surface area contributed by atoms with E-state index in [2.05, 4.69) is 20.2 Å². The van der Waals surface area contributed by atoms with Crippen LogP contribution >= 0.6 is 0 Å². The molecule has 0 bridgehead atoms. The lowest BCUT2D eigenvalue weighted by molar-refractivity contribution is -0.404. The molecule has 1 saturated heterocycles. The number of hydrogen-bond donors (Lipinski definition) is 1. The number of methoxy groups -OCH3 is 2. The van der Waals surface area contributed by atoms with Gasteiger partial charge in [-0.1, -0.05) is 6.07 Å². The molecule has 5 rings (SSSR count).